The molecule has 0 aliphatic carbocycles. The van der Waals surface area contributed by atoms with E-state index < -0.39 is 15.8 Å². The van der Waals surface area contributed by atoms with Gasteiger partial charge < -0.3 is 5.11 Å². The van der Waals surface area contributed by atoms with Crippen molar-refractivity contribution in [2.24, 2.45) is 0 Å². The first-order valence-electron chi connectivity index (χ1n) is 5.52. The Bertz CT molecular complexity index is 698. The Balaban J connectivity index is 2.35. The molecule has 0 aromatic heterocycles. The van der Waals surface area contributed by atoms with E-state index in [0.29, 0.717) is 0 Å². The lowest BCUT2D eigenvalue weighted by Crippen LogP contribution is -1.96. The molecule has 0 saturated carbocycles. The molecule has 2 rings (SSSR count). The maximum atomic E-state index is 11.3. The van der Waals surface area contributed by atoms with Crippen LogP contribution in [0.2, 0.25) is 0 Å². The molecule has 2 aromatic carbocycles. The van der Waals surface area contributed by atoms with E-state index in [1.807, 2.05) is 0 Å². The van der Waals surface area contributed by atoms with Crippen LogP contribution in [0, 0.1) is 0 Å². The minimum absolute atomic E-state index is 0.219. The third-order valence-corrected chi connectivity index (χ3v) is 3.88. The van der Waals surface area contributed by atoms with E-state index in [1.54, 1.807) is 24.3 Å². The van der Waals surface area contributed by atoms with Gasteiger partial charge in [-0.05, 0) is 35.4 Å². The van der Waals surface area contributed by atoms with Crippen molar-refractivity contribution < 1.29 is 18.3 Å². The third-order valence-electron chi connectivity index (χ3n) is 2.75. The second-order valence-corrected chi connectivity index (χ2v) is 6.19. The summed E-state index contributed by atoms with van der Waals surface area (Å²) in [6, 6.07) is 12.9. The molecule has 0 fully saturated rings. The number of rotatable bonds is 3. The van der Waals surface area contributed by atoms with E-state index in [2.05, 4.69) is 0 Å². The standard InChI is InChI=1S/C14H12O4S/c1-19(17,18)13-8-6-11(7-9-13)10-2-4-12(5-3-10)14(15)16/h2-9H,1H3,(H,15,16). The number of carbonyl (C=O) groups is 1. The van der Waals surface area contributed by atoms with Crippen LogP contribution in [0.1, 0.15) is 10.4 Å². The second kappa shape index (κ2) is 4.85. The molecule has 0 saturated heterocycles. The average Bonchev–Trinajstić information content (AvgIpc) is 2.38. The molecule has 0 bridgehead atoms. The molecule has 0 unspecified atom stereocenters. The van der Waals surface area contributed by atoms with Crippen molar-refractivity contribution in [1.82, 2.24) is 0 Å². The fourth-order valence-corrected chi connectivity index (χ4v) is 2.33. The Labute approximate surface area is 111 Å². The van der Waals surface area contributed by atoms with Gasteiger partial charge in [-0.25, -0.2) is 13.2 Å². The largest absolute Gasteiger partial charge is 0.478 e. The van der Waals surface area contributed by atoms with E-state index in [9.17, 15) is 13.2 Å². The van der Waals surface area contributed by atoms with Crippen LogP contribution in [-0.4, -0.2) is 25.7 Å². The minimum Gasteiger partial charge on any atom is -0.478 e. The maximum absolute atomic E-state index is 11.3. The van der Waals surface area contributed by atoms with Gasteiger partial charge in [-0.1, -0.05) is 24.3 Å². The molecule has 1 N–H and O–H groups in total. The summed E-state index contributed by atoms with van der Waals surface area (Å²) >= 11 is 0. The van der Waals surface area contributed by atoms with Crippen molar-refractivity contribution in [3.8, 4) is 11.1 Å². The summed E-state index contributed by atoms with van der Waals surface area (Å²) < 4.78 is 22.7. The van der Waals surface area contributed by atoms with Gasteiger partial charge in [0.05, 0.1) is 10.5 Å². The Morgan fingerprint density at radius 3 is 1.68 bits per heavy atom. The average molecular weight is 276 g/mol. The number of hydrogen-bond acceptors (Lipinski definition) is 3. The first-order chi connectivity index (χ1) is 8.88. The quantitative estimate of drug-likeness (QED) is 0.934. The second-order valence-electron chi connectivity index (χ2n) is 4.18. The highest BCUT2D eigenvalue weighted by atomic mass is 32.2. The predicted molar refractivity (Wildman–Crippen MR) is 71.9 cm³/mol. The molecular weight excluding hydrogens is 264 g/mol. The number of benzene rings is 2. The van der Waals surface area contributed by atoms with Crippen LogP contribution >= 0.6 is 0 Å². The minimum atomic E-state index is -3.20. The summed E-state index contributed by atoms with van der Waals surface area (Å²) in [6.07, 6.45) is 1.16. The number of sulfone groups is 1. The van der Waals surface area contributed by atoms with Crippen LogP contribution in [0.25, 0.3) is 11.1 Å². The predicted octanol–water partition coefficient (Wildman–Crippen LogP) is 2.46. The number of aromatic carboxylic acids is 1. The molecule has 0 radical (unpaired) electrons. The number of carboxylic acids is 1. The first kappa shape index (κ1) is 13.3. The molecule has 0 amide bonds. The first-order valence-corrected chi connectivity index (χ1v) is 7.41. The Kier molecular flexibility index (Phi) is 3.40. The monoisotopic (exact) mass is 276 g/mol. The summed E-state index contributed by atoms with van der Waals surface area (Å²) in [4.78, 5) is 11.0. The van der Waals surface area contributed by atoms with Crippen LogP contribution in [0.4, 0.5) is 0 Å². The Morgan fingerprint density at radius 2 is 1.32 bits per heavy atom. The van der Waals surface area contributed by atoms with E-state index >= 15 is 0 Å². The van der Waals surface area contributed by atoms with Gasteiger partial charge in [-0.15, -0.1) is 0 Å². The van der Waals surface area contributed by atoms with Gasteiger partial charge in [0.15, 0.2) is 9.84 Å². The van der Waals surface area contributed by atoms with Crippen molar-refractivity contribution in [3.05, 3.63) is 54.1 Å². The number of hydrogen-bond donors (Lipinski definition) is 1. The zero-order chi connectivity index (χ0) is 14.0. The molecule has 0 atom stereocenters. The molecule has 98 valence electrons. The molecule has 0 aliphatic heterocycles. The highest BCUT2D eigenvalue weighted by molar-refractivity contribution is 7.90. The highest BCUT2D eigenvalue weighted by Gasteiger charge is 2.07. The topological polar surface area (TPSA) is 71.4 Å². The van der Waals surface area contributed by atoms with Crippen LogP contribution in [0.15, 0.2) is 53.4 Å². The van der Waals surface area contributed by atoms with Gasteiger partial charge in [0.2, 0.25) is 0 Å². The van der Waals surface area contributed by atoms with Gasteiger partial charge in [0, 0.05) is 6.26 Å². The molecule has 0 spiro atoms. The van der Waals surface area contributed by atoms with Crippen LogP contribution in [0.5, 0.6) is 0 Å². The van der Waals surface area contributed by atoms with Crippen molar-refractivity contribution in [2.45, 2.75) is 4.90 Å². The van der Waals surface area contributed by atoms with Crippen molar-refractivity contribution in [3.63, 3.8) is 0 Å². The van der Waals surface area contributed by atoms with E-state index in [1.165, 1.54) is 24.3 Å². The van der Waals surface area contributed by atoms with Crippen LogP contribution in [0.3, 0.4) is 0 Å². The molecule has 4 nitrogen and oxygen atoms in total. The van der Waals surface area contributed by atoms with Gasteiger partial charge in [0.25, 0.3) is 0 Å². The molecule has 2 aromatic rings. The summed E-state index contributed by atoms with van der Waals surface area (Å²) in [5.41, 5.74) is 1.89. The van der Waals surface area contributed by atoms with Crippen LogP contribution < -0.4 is 0 Å². The van der Waals surface area contributed by atoms with Crippen molar-refractivity contribution >= 4 is 15.8 Å². The fourth-order valence-electron chi connectivity index (χ4n) is 1.70. The van der Waals surface area contributed by atoms with E-state index in [4.69, 9.17) is 5.11 Å². The van der Waals surface area contributed by atoms with Gasteiger partial charge >= 0.3 is 5.97 Å². The smallest absolute Gasteiger partial charge is 0.335 e. The summed E-state index contributed by atoms with van der Waals surface area (Å²) in [6.45, 7) is 0. The number of carboxylic acid groups (broad SMARTS) is 1. The van der Waals surface area contributed by atoms with Gasteiger partial charge in [-0.3, -0.25) is 0 Å². The van der Waals surface area contributed by atoms with E-state index in [0.717, 1.165) is 17.4 Å². The normalized spacial score (nSPS) is 11.2. The summed E-state index contributed by atoms with van der Waals surface area (Å²) in [7, 11) is -3.20. The zero-order valence-corrected chi connectivity index (χ0v) is 11.0. The lowest BCUT2D eigenvalue weighted by atomic mass is 10.0. The summed E-state index contributed by atoms with van der Waals surface area (Å²) in [5, 5.41) is 8.81. The van der Waals surface area contributed by atoms with Gasteiger partial charge in [0.1, 0.15) is 0 Å². The SMILES string of the molecule is CS(=O)(=O)c1ccc(-c2ccc(C(=O)O)cc2)cc1. The van der Waals surface area contributed by atoms with Crippen molar-refractivity contribution in [1.29, 1.82) is 0 Å². The lowest BCUT2D eigenvalue weighted by Gasteiger charge is -2.04. The highest BCUT2D eigenvalue weighted by Crippen LogP contribution is 2.21. The zero-order valence-electron chi connectivity index (χ0n) is 10.2. The molecule has 19 heavy (non-hydrogen) atoms. The van der Waals surface area contributed by atoms with Crippen LogP contribution in [-0.2, 0) is 9.84 Å². The Hall–Kier alpha value is -2.14. The summed E-state index contributed by atoms with van der Waals surface area (Å²) in [5.74, 6) is -0.973. The maximum Gasteiger partial charge on any atom is 0.335 e. The molecule has 0 aliphatic rings. The van der Waals surface area contributed by atoms with Gasteiger partial charge in [-0.2, -0.15) is 0 Å². The fraction of sp³-hybridized carbons (Fsp3) is 0.0714. The molecule has 5 heteroatoms. The van der Waals surface area contributed by atoms with E-state index in [-0.39, 0.29) is 10.5 Å². The molecule has 0 heterocycles. The molecular formula is C14H12O4S. The lowest BCUT2D eigenvalue weighted by molar-refractivity contribution is 0.0697. The third kappa shape index (κ3) is 3.00. The van der Waals surface area contributed by atoms with Crippen molar-refractivity contribution in [2.75, 3.05) is 6.26 Å². The Morgan fingerprint density at radius 1 is 0.895 bits per heavy atom.